The Morgan fingerprint density at radius 3 is 2.90 bits per heavy atom. The van der Waals surface area contributed by atoms with Crippen molar-refractivity contribution in [1.82, 2.24) is 19.7 Å². The third kappa shape index (κ3) is 2.40. The number of carbonyl (C=O) groups is 1. The maximum absolute atomic E-state index is 12.8. The molecule has 2 aromatic heterocycles. The molecule has 0 aliphatic heterocycles. The fraction of sp³-hybridized carbons (Fsp3) is 0.200. The third-order valence-corrected chi connectivity index (χ3v) is 3.47. The van der Waals surface area contributed by atoms with Crippen molar-refractivity contribution in [2.75, 3.05) is 0 Å². The van der Waals surface area contributed by atoms with Gasteiger partial charge in [0.15, 0.2) is 0 Å². The van der Waals surface area contributed by atoms with Gasteiger partial charge in [0.2, 0.25) is 5.78 Å². The number of nitrogens with zero attached hydrogens (tertiary/aromatic N) is 4. The molecule has 0 fully saturated rings. The van der Waals surface area contributed by atoms with Gasteiger partial charge in [-0.25, -0.2) is 0 Å². The van der Waals surface area contributed by atoms with Crippen LogP contribution in [0.4, 0.5) is 0 Å². The van der Waals surface area contributed by atoms with E-state index < -0.39 is 0 Å². The highest BCUT2D eigenvalue weighted by atomic mass is 35.5. The second kappa shape index (κ2) is 5.61. The van der Waals surface area contributed by atoms with Crippen LogP contribution in [-0.2, 0) is 6.54 Å². The second-order valence-corrected chi connectivity index (χ2v) is 5.03. The van der Waals surface area contributed by atoms with Gasteiger partial charge in [-0.3, -0.25) is 19.4 Å². The minimum atomic E-state index is -0.183. The van der Waals surface area contributed by atoms with Crippen molar-refractivity contribution in [2.24, 2.45) is 0 Å². The molecule has 0 unspecified atom stereocenters. The van der Waals surface area contributed by atoms with Crippen LogP contribution in [0.5, 0.6) is 0 Å². The summed E-state index contributed by atoms with van der Waals surface area (Å²) in [5.74, 6) is -0.183. The van der Waals surface area contributed by atoms with Crippen LogP contribution in [-0.4, -0.2) is 25.5 Å². The average molecular weight is 301 g/mol. The Kier molecular flexibility index (Phi) is 3.66. The zero-order chi connectivity index (χ0) is 14.8. The number of halogens is 1. The Labute approximate surface area is 126 Å². The number of rotatable bonds is 4. The van der Waals surface area contributed by atoms with Crippen molar-refractivity contribution < 1.29 is 4.79 Å². The van der Waals surface area contributed by atoms with Crippen molar-refractivity contribution >= 4 is 28.4 Å². The Balaban J connectivity index is 2.15. The molecule has 0 atom stereocenters. The van der Waals surface area contributed by atoms with Gasteiger partial charge in [-0.05, 0) is 18.6 Å². The fourth-order valence-corrected chi connectivity index (χ4v) is 2.50. The van der Waals surface area contributed by atoms with Gasteiger partial charge in [0.05, 0.1) is 27.8 Å². The standard InChI is InChI=1S/C15H13ClN4O/c1-2-8-20-14(11(16)9-19-20)15(21)10-4-3-5-12-13(10)18-7-6-17-12/h3-7,9H,2,8H2,1H3. The van der Waals surface area contributed by atoms with E-state index in [1.165, 1.54) is 6.20 Å². The molecule has 5 nitrogen and oxygen atoms in total. The second-order valence-electron chi connectivity index (χ2n) is 4.62. The molecule has 0 amide bonds. The van der Waals surface area contributed by atoms with Crippen molar-refractivity contribution in [3.63, 3.8) is 0 Å². The van der Waals surface area contributed by atoms with Gasteiger partial charge in [0.1, 0.15) is 5.69 Å². The van der Waals surface area contributed by atoms with Gasteiger partial charge >= 0.3 is 0 Å². The Morgan fingerprint density at radius 1 is 1.29 bits per heavy atom. The Morgan fingerprint density at radius 2 is 2.10 bits per heavy atom. The number of para-hydroxylation sites is 1. The van der Waals surface area contributed by atoms with Crippen LogP contribution >= 0.6 is 11.6 Å². The van der Waals surface area contributed by atoms with Crippen LogP contribution in [0.2, 0.25) is 5.02 Å². The first kappa shape index (κ1) is 13.7. The summed E-state index contributed by atoms with van der Waals surface area (Å²) in [6.07, 6.45) is 5.55. The summed E-state index contributed by atoms with van der Waals surface area (Å²) < 4.78 is 1.64. The first-order valence-electron chi connectivity index (χ1n) is 6.68. The van der Waals surface area contributed by atoms with Crippen LogP contribution in [0.15, 0.2) is 36.8 Å². The number of fused-ring (bicyclic) bond motifs is 1. The lowest BCUT2D eigenvalue weighted by Gasteiger charge is -2.07. The van der Waals surface area contributed by atoms with Crippen molar-refractivity contribution in [2.45, 2.75) is 19.9 Å². The van der Waals surface area contributed by atoms with E-state index in [1.807, 2.05) is 13.0 Å². The van der Waals surface area contributed by atoms with Gasteiger partial charge in [0, 0.05) is 18.9 Å². The number of aryl methyl sites for hydroxylation is 1. The topological polar surface area (TPSA) is 60.7 Å². The number of carbonyl (C=O) groups excluding carboxylic acids is 1. The zero-order valence-electron chi connectivity index (χ0n) is 11.5. The summed E-state index contributed by atoms with van der Waals surface area (Å²) in [6.45, 7) is 2.66. The van der Waals surface area contributed by atoms with Crippen LogP contribution in [0.3, 0.4) is 0 Å². The van der Waals surface area contributed by atoms with Gasteiger partial charge in [0.25, 0.3) is 0 Å². The summed E-state index contributed by atoms with van der Waals surface area (Å²) in [7, 11) is 0. The van der Waals surface area contributed by atoms with E-state index >= 15 is 0 Å². The predicted molar refractivity (Wildman–Crippen MR) is 80.5 cm³/mol. The first-order chi connectivity index (χ1) is 10.2. The largest absolute Gasteiger partial charge is 0.287 e. The number of aromatic nitrogens is 4. The van der Waals surface area contributed by atoms with E-state index in [-0.39, 0.29) is 5.78 Å². The highest BCUT2D eigenvalue weighted by Gasteiger charge is 2.21. The molecule has 0 radical (unpaired) electrons. The molecule has 0 bridgehead atoms. The van der Waals surface area contributed by atoms with Crippen molar-refractivity contribution in [3.8, 4) is 0 Å². The normalized spacial score (nSPS) is 11.0. The van der Waals surface area contributed by atoms with E-state index in [4.69, 9.17) is 11.6 Å². The summed E-state index contributed by atoms with van der Waals surface area (Å²) in [4.78, 5) is 21.3. The lowest BCUT2D eigenvalue weighted by molar-refractivity contribution is 0.103. The van der Waals surface area contributed by atoms with Crippen LogP contribution in [0.1, 0.15) is 29.4 Å². The van der Waals surface area contributed by atoms with Crippen molar-refractivity contribution in [1.29, 1.82) is 0 Å². The zero-order valence-corrected chi connectivity index (χ0v) is 12.2. The lowest BCUT2D eigenvalue weighted by Crippen LogP contribution is -2.12. The summed E-state index contributed by atoms with van der Waals surface area (Å²) in [5.41, 5.74) is 2.14. The molecule has 0 saturated carbocycles. The smallest absolute Gasteiger partial charge is 0.214 e. The Bertz CT molecular complexity index is 807. The van der Waals surface area contributed by atoms with Crippen molar-refractivity contribution in [3.05, 3.63) is 53.1 Å². The van der Waals surface area contributed by atoms with Gasteiger partial charge in [-0.1, -0.05) is 24.6 Å². The predicted octanol–water partition coefficient (Wildman–Crippen LogP) is 3.12. The molecule has 0 aliphatic rings. The maximum Gasteiger partial charge on any atom is 0.214 e. The molecule has 3 rings (SSSR count). The average Bonchev–Trinajstić information content (AvgIpc) is 2.87. The SMILES string of the molecule is CCCn1ncc(Cl)c1C(=O)c1cccc2nccnc12. The number of benzene rings is 1. The van der Waals surface area contributed by atoms with Gasteiger partial charge in [-0.15, -0.1) is 0 Å². The van der Waals surface area contributed by atoms with E-state index in [2.05, 4.69) is 15.1 Å². The van der Waals surface area contributed by atoms with E-state index in [0.717, 1.165) is 6.42 Å². The monoisotopic (exact) mass is 300 g/mol. The Hall–Kier alpha value is -2.27. The van der Waals surface area contributed by atoms with E-state index in [9.17, 15) is 4.79 Å². The van der Waals surface area contributed by atoms with Crippen LogP contribution in [0.25, 0.3) is 11.0 Å². The molecule has 3 aromatic rings. The highest BCUT2D eigenvalue weighted by molar-refractivity contribution is 6.35. The summed E-state index contributed by atoms with van der Waals surface area (Å²) in [6, 6.07) is 5.35. The number of hydrogen-bond donors (Lipinski definition) is 0. The molecule has 21 heavy (non-hydrogen) atoms. The van der Waals surface area contributed by atoms with E-state index in [0.29, 0.717) is 33.9 Å². The summed E-state index contributed by atoms with van der Waals surface area (Å²) in [5, 5.41) is 4.52. The van der Waals surface area contributed by atoms with Gasteiger partial charge in [-0.2, -0.15) is 5.10 Å². The molecule has 2 heterocycles. The highest BCUT2D eigenvalue weighted by Crippen LogP contribution is 2.23. The molecule has 0 saturated heterocycles. The van der Waals surface area contributed by atoms with Crippen LogP contribution in [0, 0.1) is 0 Å². The molecule has 1 aromatic carbocycles. The molecule has 0 spiro atoms. The lowest BCUT2D eigenvalue weighted by atomic mass is 10.1. The third-order valence-electron chi connectivity index (χ3n) is 3.19. The molecule has 0 N–H and O–H groups in total. The first-order valence-corrected chi connectivity index (χ1v) is 7.06. The minimum absolute atomic E-state index is 0.183. The number of hydrogen-bond acceptors (Lipinski definition) is 4. The van der Waals surface area contributed by atoms with Crippen LogP contribution < -0.4 is 0 Å². The molecule has 106 valence electrons. The molecule has 0 aliphatic carbocycles. The number of ketones is 1. The van der Waals surface area contributed by atoms with E-state index in [1.54, 1.807) is 29.2 Å². The molecule has 6 heteroatoms. The molecular weight excluding hydrogens is 288 g/mol. The molecular formula is C15H13ClN4O. The quantitative estimate of drug-likeness (QED) is 0.695. The maximum atomic E-state index is 12.8. The van der Waals surface area contributed by atoms with Gasteiger partial charge < -0.3 is 0 Å². The fourth-order valence-electron chi connectivity index (χ4n) is 2.27. The minimum Gasteiger partial charge on any atom is -0.287 e. The summed E-state index contributed by atoms with van der Waals surface area (Å²) >= 11 is 6.14.